The van der Waals surface area contributed by atoms with Gasteiger partial charge in [-0.05, 0) is 32.2 Å². The highest BCUT2D eigenvalue weighted by Gasteiger charge is 2.18. The van der Waals surface area contributed by atoms with E-state index in [1.165, 1.54) is 12.5 Å². The van der Waals surface area contributed by atoms with Crippen molar-refractivity contribution in [2.24, 2.45) is 0 Å². The molecule has 1 aliphatic heterocycles. The van der Waals surface area contributed by atoms with Crippen molar-refractivity contribution < 1.29 is 14.3 Å². The van der Waals surface area contributed by atoms with E-state index >= 15 is 0 Å². The van der Waals surface area contributed by atoms with E-state index in [2.05, 4.69) is 11.8 Å². The summed E-state index contributed by atoms with van der Waals surface area (Å²) in [7, 11) is 0. The number of aromatic hydroxyl groups is 1. The average Bonchev–Trinajstić information content (AvgIpc) is 2.44. The summed E-state index contributed by atoms with van der Waals surface area (Å²) in [5, 5.41) is 9.20. The van der Waals surface area contributed by atoms with Gasteiger partial charge >= 0.3 is 0 Å². The van der Waals surface area contributed by atoms with Crippen LogP contribution >= 0.6 is 0 Å². The van der Waals surface area contributed by atoms with Crippen LogP contribution in [-0.2, 0) is 11.3 Å². The third-order valence-electron chi connectivity index (χ3n) is 3.52. The van der Waals surface area contributed by atoms with Crippen LogP contribution < -0.4 is 5.43 Å². The zero-order valence-corrected chi connectivity index (χ0v) is 12.0. The van der Waals surface area contributed by atoms with E-state index in [0.29, 0.717) is 12.3 Å². The summed E-state index contributed by atoms with van der Waals surface area (Å²) in [6, 6.07) is 1.36. The number of hydrogen-bond acceptors (Lipinski definition) is 5. The molecule has 20 heavy (non-hydrogen) atoms. The number of nitrogens with zero attached hydrogens (tertiary/aromatic N) is 1. The van der Waals surface area contributed by atoms with Crippen molar-refractivity contribution in [1.29, 1.82) is 0 Å². The Morgan fingerprint density at radius 3 is 2.95 bits per heavy atom. The first-order valence-corrected chi connectivity index (χ1v) is 7.33. The van der Waals surface area contributed by atoms with Gasteiger partial charge in [0.2, 0.25) is 5.43 Å². The van der Waals surface area contributed by atoms with E-state index in [0.717, 1.165) is 45.2 Å². The summed E-state index contributed by atoms with van der Waals surface area (Å²) in [4.78, 5) is 13.7. The van der Waals surface area contributed by atoms with Crippen molar-refractivity contribution >= 4 is 0 Å². The largest absolute Gasteiger partial charge is 0.502 e. The van der Waals surface area contributed by atoms with E-state index in [1.807, 2.05) is 0 Å². The van der Waals surface area contributed by atoms with Gasteiger partial charge in [0.05, 0.1) is 12.6 Å². The second kappa shape index (κ2) is 7.45. The van der Waals surface area contributed by atoms with Crippen LogP contribution in [-0.4, -0.2) is 35.8 Å². The molecule has 0 aromatic carbocycles. The van der Waals surface area contributed by atoms with Crippen LogP contribution in [0.3, 0.4) is 0 Å². The minimum absolute atomic E-state index is 0.277. The van der Waals surface area contributed by atoms with Gasteiger partial charge < -0.3 is 14.3 Å². The topological polar surface area (TPSA) is 62.9 Å². The molecule has 1 N–H and O–H groups in total. The lowest BCUT2D eigenvalue weighted by Gasteiger charge is -2.29. The molecule has 0 amide bonds. The van der Waals surface area contributed by atoms with E-state index < -0.39 is 5.43 Å². The van der Waals surface area contributed by atoms with Crippen molar-refractivity contribution in [3.63, 3.8) is 0 Å². The minimum atomic E-state index is -0.392. The summed E-state index contributed by atoms with van der Waals surface area (Å²) < 4.78 is 11.0. The molecule has 0 spiro atoms. The van der Waals surface area contributed by atoms with Crippen LogP contribution in [0, 0.1) is 0 Å². The molecule has 1 atom stereocenters. The number of ether oxygens (including phenoxy) is 1. The molecular formula is C15H23NO4. The van der Waals surface area contributed by atoms with Crippen LogP contribution in [0.15, 0.2) is 21.5 Å². The Bertz CT molecular complexity index is 465. The molecule has 1 saturated heterocycles. The van der Waals surface area contributed by atoms with Gasteiger partial charge in [-0.2, -0.15) is 0 Å². The molecule has 0 saturated carbocycles. The van der Waals surface area contributed by atoms with E-state index in [4.69, 9.17) is 9.15 Å². The number of rotatable bonds is 6. The fraction of sp³-hybridized carbons (Fsp3) is 0.667. The standard InChI is InChI=1S/C15H23NO4/c1-2-6-16(9-12-5-3-4-7-19-12)10-13-8-14(17)15(18)11-20-13/h8,11-12,18H,2-7,9-10H2,1H3. The highest BCUT2D eigenvalue weighted by Crippen LogP contribution is 2.15. The molecule has 1 fully saturated rings. The highest BCUT2D eigenvalue weighted by atomic mass is 16.5. The van der Waals surface area contributed by atoms with Crippen LogP contribution in [0.5, 0.6) is 5.75 Å². The second-order valence-electron chi connectivity index (χ2n) is 5.32. The minimum Gasteiger partial charge on any atom is -0.502 e. The molecule has 5 heteroatoms. The van der Waals surface area contributed by atoms with Gasteiger partial charge in [-0.15, -0.1) is 0 Å². The Morgan fingerprint density at radius 1 is 1.45 bits per heavy atom. The molecule has 0 bridgehead atoms. The first-order valence-electron chi connectivity index (χ1n) is 7.33. The summed E-state index contributed by atoms with van der Waals surface area (Å²) in [5.41, 5.74) is -0.392. The maximum Gasteiger partial charge on any atom is 0.226 e. The Labute approximate surface area is 119 Å². The normalized spacial score (nSPS) is 19.4. The van der Waals surface area contributed by atoms with Crippen LogP contribution in [0.1, 0.15) is 38.4 Å². The van der Waals surface area contributed by atoms with E-state index in [1.54, 1.807) is 0 Å². The Balaban J connectivity index is 1.96. The van der Waals surface area contributed by atoms with Crippen molar-refractivity contribution in [1.82, 2.24) is 4.90 Å². The van der Waals surface area contributed by atoms with Gasteiger partial charge in [0.15, 0.2) is 5.75 Å². The zero-order chi connectivity index (χ0) is 14.4. The summed E-state index contributed by atoms with van der Waals surface area (Å²) in [6.45, 7) is 5.34. The first-order chi connectivity index (χ1) is 9.69. The lowest BCUT2D eigenvalue weighted by Crippen LogP contribution is -2.36. The van der Waals surface area contributed by atoms with E-state index in [9.17, 15) is 9.90 Å². The fourth-order valence-electron chi connectivity index (χ4n) is 2.54. The van der Waals surface area contributed by atoms with Gasteiger partial charge in [0, 0.05) is 19.2 Å². The van der Waals surface area contributed by atoms with Crippen molar-refractivity contribution in [3.8, 4) is 5.75 Å². The highest BCUT2D eigenvalue weighted by molar-refractivity contribution is 5.15. The van der Waals surface area contributed by atoms with Gasteiger partial charge in [-0.1, -0.05) is 6.92 Å². The molecule has 0 radical (unpaired) electrons. The van der Waals surface area contributed by atoms with E-state index in [-0.39, 0.29) is 11.9 Å². The molecule has 2 rings (SSSR count). The van der Waals surface area contributed by atoms with Gasteiger partial charge in [0.1, 0.15) is 12.0 Å². The smallest absolute Gasteiger partial charge is 0.226 e. The molecular weight excluding hydrogens is 258 g/mol. The Hall–Kier alpha value is -1.33. The zero-order valence-electron chi connectivity index (χ0n) is 12.0. The molecule has 1 unspecified atom stereocenters. The molecule has 112 valence electrons. The van der Waals surface area contributed by atoms with Crippen molar-refractivity contribution in [2.75, 3.05) is 19.7 Å². The fourth-order valence-corrected chi connectivity index (χ4v) is 2.54. The Morgan fingerprint density at radius 2 is 2.30 bits per heavy atom. The quantitative estimate of drug-likeness (QED) is 0.865. The lowest BCUT2D eigenvalue weighted by molar-refractivity contribution is -0.00819. The SMILES string of the molecule is CCCN(Cc1cc(=O)c(O)co1)CC1CCCCO1. The lowest BCUT2D eigenvalue weighted by atomic mass is 10.1. The van der Waals surface area contributed by atoms with Crippen molar-refractivity contribution in [2.45, 2.75) is 45.3 Å². The molecule has 1 aliphatic rings. The van der Waals surface area contributed by atoms with Crippen molar-refractivity contribution in [3.05, 3.63) is 28.3 Å². The summed E-state index contributed by atoms with van der Waals surface area (Å²) in [5.74, 6) is 0.239. The average molecular weight is 281 g/mol. The first kappa shape index (κ1) is 15.1. The molecule has 0 aliphatic carbocycles. The summed E-state index contributed by atoms with van der Waals surface area (Å²) >= 11 is 0. The van der Waals surface area contributed by atoms with Crippen LogP contribution in [0.25, 0.3) is 0 Å². The van der Waals surface area contributed by atoms with Crippen LogP contribution in [0.2, 0.25) is 0 Å². The molecule has 2 heterocycles. The third-order valence-corrected chi connectivity index (χ3v) is 3.52. The molecule has 5 nitrogen and oxygen atoms in total. The third kappa shape index (κ3) is 4.35. The predicted octanol–water partition coefficient (Wildman–Crippen LogP) is 2.13. The maximum atomic E-state index is 11.4. The second-order valence-corrected chi connectivity index (χ2v) is 5.32. The van der Waals surface area contributed by atoms with Gasteiger partial charge in [0.25, 0.3) is 0 Å². The predicted molar refractivity (Wildman–Crippen MR) is 75.8 cm³/mol. The molecule has 1 aromatic rings. The van der Waals surface area contributed by atoms with Crippen LogP contribution in [0.4, 0.5) is 0 Å². The van der Waals surface area contributed by atoms with Gasteiger partial charge in [-0.25, -0.2) is 0 Å². The van der Waals surface area contributed by atoms with Gasteiger partial charge in [-0.3, -0.25) is 9.69 Å². The Kier molecular flexibility index (Phi) is 5.61. The monoisotopic (exact) mass is 281 g/mol. The number of hydrogen-bond donors (Lipinski definition) is 1. The summed E-state index contributed by atoms with van der Waals surface area (Å²) in [6.07, 6.45) is 5.89. The maximum absolute atomic E-state index is 11.4. The molecule has 1 aromatic heterocycles.